The van der Waals surface area contributed by atoms with Crippen LogP contribution >= 0.6 is 11.8 Å². The topological polar surface area (TPSA) is 108 Å². The summed E-state index contributed by atoms with van der Waals surface area (Å²) in [6.07, 6.45) is -3.59. The van der Waals surface area contributed by atoms with Gasteiger partial charge >= 0.3 is 6.18 Å². The normalized spacial score (nSPS) is 12.2. The smallest absolute Gasteiger partial charge is 0.318 e. The van der Waals surface area contributed by atoms with Crippen molar-refractivity contribution in [2.24, 2.45) is 5.14 Å². The van der Waals surface area contributed by atoms with Crippen molar-refractivity contribution in [2.45, 2.75) is 30.1 Å². The van der Waals surface area contributed by atoms with Crippen LogP contribution in [0.4, 0.5) is 13.2 Å². The first-order valence-corrected chi connectivity index (χ1v) is 11.3. The Morgan fingerprint density at radius 3 is 2.39 bits per heavy atom. The van der Waals surface area contributed by atoms with Crippen molar-refractivity contribution >= 4 is 27.6 Å². The number of alkyl halides is 3. The minimum Gasteiger partial charge on any atom is -0.318 e. The highest BCUT2D eigenvalue weighted by Gasteiger charge is 2.32. The average Bonchev–Trinajstić information content (AvgIpc) is 2.99. The van der Waals surface area contributed by atoms with E-state index in [2.05, 4.69) is 9.97 Å². The number of hydrogen-bond acceptors (Lipinski definition) is 6. The molecule has 0 bridgehead atoms. The molecular formula is C19H17F3N4O3S2. The summed E-state index contributed by atoms with van der Waals surface area (Å²) in [5.74, 6) is -0.442. The molecule has 0 aliphatic heterocycles. The molecule has 0 aliphatic rings. The fourth-order valence-electron chi connectivity index (χ4n) is 3.00. The highest BCUT2D eigenvalue weighted by atomic mass is 32.2. The number of benzene rings is 1. The lowest BCUT2D eigenvalue weighted by atomic mass is 10.2. The standard InChI is InChI=1S/C19H17F3N4O3S2/c1-11-9-15(12(2)26(11)13-3-5-14(6-4-13)31(23,28)29)16(27)10-30-18-24-8-7-17(25-18)19(20,21)22/h3-9H,10H2,1-2H3,(H2,23,28,29). The summed E-state index contributed by atoms with van der Waals surface area (Å²) in [5, 5.41) is 4.97. The van der Waals surface area contributed by atoms with E-state index in [4.69, 9.17) is 5.14 Å². The van der Waals surface area contributed by atoms with Crippen LogP contribution in [0.2, 0.25) is 0 Å². The zero-order valence-corrected chi connectivity index (χ0v) is 18.0. The highest BCUT2D eigenvalue weighted by Crippen LogP contribution is 2.29. The zero-order chi connectivity index (χ0) is 23.0. The molecule has 0 amide bonds. The van der Waals surface area contributed by atoms with Crippen molar-refractivity contribution in [3.05, 3.63) is 65.2 Å². The Morgan fingerprint density at radius 1 is 1.16 bits per heavy atom. The quantitative estimate of drug-likeness (QED) is 0.336. The van der Waals surface area contributed by atoms with Gasteiger partial charge in [-0.1, -0.05) is 11.8 Å². The molecule has 7 nitrogen and oxygen atoms in total. The highest BCUT2D eigenvalue weighted by molar-refractivity contribution is 7.99. The van der Waals surface area contributed by atoms with E-state index in [0.717, 1.165) is 29.7 Å². The number of carbonyl (C=O) groups excluding carboxylic acids is 1. The number of nitrogens with two attached hydrogens (primary N) is 1. The molecule has 0 unspecified atom stereocenters. The fraction of sp³-hybridized carbons (Fsp3) is 0.211. The van der Waals surface area contributed by atoms with Crippen molar-refractivity contribution in [1.82, 2.24) is 14.5 Å². The number of nitrogens with zero attached hydrogens (tertiary/aromatic N) is 3. The first kappa shape index (κ1) is 23.0. The molecule has 2 N–H and O–H groups in total. The van der Waals surface area contributed by atoms with Gasteiger partial charge in [-0.3, -0.25) is 4.79 Å². The fourth-order valence-corrected chi connectivity index (χ4v) is 4.23. The van der Waals surface area contributed by atoms with Gasteiger partial charge in [-0.05, 0) is 50.2 Å². The summed E-state index contributed by atoms with van der Waals surface area (Å²) in [6, 6.07) is 8.30. The van der Waals surface area contributed by atoms with Gasteiger partial charge in [-0.25, -0.2) is 23.5 Å². The van der Waals surface area contributed by atoms with Crippen LogP contribution in [0, 0.1) is 13.8 Å². The van der Waals surface area contributed by atoms with Gasteiger partial charge in [-0.2, -0.15) is 13.2 Å². The molecule has 1 aromatic carbocycles. The SMILES string of the molecule is Cc1cc(C(=O)CSc2nccc(C(F)(F)F)n2)c(C)n1-c1ccc(S(N)(=O)=O)cc1. The van der Waals surface area contributed by atoms with Gasteiger partial charge in [0, 0.05) is 28.8 Å². The molecule has 3 rings (SSSR count). The monoisotopic (exact) mass is 470 g/mol. The number of primary sulfonamides is 1. The number of ketones is 1. The van der Waals surface area contributed by atoms with Crippen LogP contribution in [0.25, 0.3) is 5.69 Å². The van der Waals surface area contributed by atoms with Gasteiger partial charge in [0.25, 0.3) is 0 Å². The van der Waals surface area contributed by atoms with E-state index in [1.807, 2.05) is 0 Å². The van der Waals surface area contributed by atoms with Crippen molar-refractivity contribution in [3.8, 4) is 5.69 Å². The van der Waals surface area contributed by atoms with Gasteiger partial charge in [0.05, 0.1) is 10.6 Å². The molecule has 2 aromatic heterocycles. The number of thioether (sulfide) groups is 1. The van der Waals surface area contributed by atoms with Crippen LogP contribution in [0.15, 0.2) is 52.6 Å². The molecule has 164 valence electrons. The second-order valence-electron chi connectivity index (χ2n) is 6.59. The molecule has 2 heterocycles. The minimum absolute atomic E-state index is 0.0347. The van der Waals surface area contributed by atoms with E-state index in [9.17, 15) is 26.4 Å². The zero-order valence-electron chi connectivity index (χ0n) is 16.3. The summed E-state index contributed by atoms with van der Waals surface area (Å²) in [4.78, 5) is 19.9. The van der Waals surface area contributed by atoms with Crippen molar-refractivity contribution in [2.75, 3.05) is 5.75 Å². The molecule has 0 spiro atoms. The Kier molecular flexibility index (Phi) is 6.25. The number of hydrogen-bond donors (Lipinski definition) is 1. The maximum atomic E-state index is 12.8. The first-order valence-electron chi connectivity index (χ1n) is 8.76. The predicted octanol–water partition coefficient (Wildman–Crippen LogP) is 3.53. The summed E-state index contributed by atoms with van der Waals surface area (Å²) in [5.41, 5.74) is 1.29. The third-order valence-electron chi connectivity index (χ3n) is 4.41. The van der Waals surface area contributed by atoms with E-state index >= 15 is 0 Å². The molecule has 12 heteroatoms. The van der Waals surface area contributed by atoms with E-state index in [-0.39, 0.29) is 21.6 Å². The van der Waals surface area contributed by atoms with Crippen LogP contribution in [0.1, 0.15) is 27.4 Å². The van der Waals surface area contributed by atoms with Gasteiger partial charge in [0.15, 0.2) is 10.9 Å². The van der Waals surface area contributed by atoms with E-state index in [1.165, 1.54) is 12.1 Å². The van der Waals surface area contributed by atoms with Crippen LogP contribution in [-0.2, 0) is 16.2 Å². The molecule has 0 atom stereocenters. The summed E-state index contributed by atoms with van der Waals surface area (Å²) >= 11 is 0.816. The Morgan fingerprint density at radius 2 is 1.81 bits per heavy atom. The van der Waals surface area contributed by atoms with E-state index < -0.39 is 21.9 Å². The molecule has 31 heavy (non-hydrogen) atoms. The average molecular weight is 470 g/mol. The predicted molar refractivity (Wildman–Crippen MR) is 109 cm³/mol. The number of aromatic nitrogens is 3. The molecule has 0 saturated heterocycles. The van der Waals surface area contributed by atoms with Crippen LogP contribution in [0.3, 0.4) is 0 Å². The Balaban J connectivity index is 1.81. The molecule has 3 aromatic rings. The van der Waals surface area contributed by atoms with E-state index in [0.29, 0.717) is 16.9 Å². The second-order valence-corrected chi connectivity index (χ2v) is 9.10. The molecular weight excluding hydrogens is 453 g/mol. The lowest BCUT2D eigenvalue weighted by molar-refractivity contribution is -0.141. The van der Waals surface area contributed by atoms with Crippen LogP contribution in [-0.4, -0.2) is 34.5 Å². The molecule has 0 radical (unpaired) electrons. The largest absolute Gasteiger partial charge is 0.433 e. The van der Waals surface area contributed by atoms with Crippen LogP contribution in [0.5, 0.6) is 0 Å². The number of carbonyl (C=O) groups is 1. The third kappa shape index (κ3) is 5.14. The number of halogens is 3. The molecule has 0 aliphatic carbocycles. The Hall–Kier alpha value is -2.70. The first-order chi connectivity index (χ1) is 14.4. The number of Topliss-reactive ketones (excluding diaryl/α,β-unsaturated/α-hetero) is 1. The number of aryl methyl sites for hydroxylation is 1. The Bertz CT molecular complexity index is 1240. The number of sulfonamides is 1. The maximum Gasteiger partial charge on any atom is 0.433 e. The Labute approximate surface area is 180 Å². The van der Waals surface area contributed by atoms with Gasteiger partial charge in [-0.15, -0.1) is 0 Å². The lowest BCUT2D eigenvalue weighted by Gasteiger charge is -2.10. The van der Waals surface area contributed by atoms with Crippen molar-refractivity contribution < 1.29 is 26.4 Å². The van der Waals surface area contributed by atoms with E-state index in [1.54, 1.807) is 36.6 Å². The van der Waals surface area contributed by atoms with Gasteiger partial charge in [0.1, 0.15) is 5.69 Å². The lowest BCUT2D eigenvalue weighted by Crippen LogP contribution is -2.12. The molecule has 0 fully saturated rings. The van der Waals surface area contributed by atoms with Gasteiger partial charge in [0.2, 0.25) is 10.0 Å². The second kappa shape index (κ2) is 8.44. The molecule has 0 saturated carbocycles. The maximum absolute atomic E-state index is 12.8. The number of rotatable bonds is 6. The van der Waals surface area contributed by atoms with Crippen molar-refractivity contribution in [3.63, 3.8) is 0 Å². The summed E-state index contributed by atoms with van der Waals surface area (Å²) in [6.45, 7) is 3.50. The summed E-state index contributed by atoms with van der Waals surface area (Å²) in [7, 11) is -3.82. The van der Waals surface area contributed by atoms with Crippen molar-refractivity contribution in [1.29, 1.82) is 0 Å². The third-order valence-corrected chi connectivity index (χ3v) is 6.20. The van der Waals surface area contributed by atoms with Crippen LogP contribution < -0.4 is 5.14 Å². The summed E-state index contributed by atoms with van der Waals surface area (Å²) < 4.78 is 62.9. The van der Waals surface area contributed by atoms with Gasteiger partial charge < -0.3 is 4.57 Å². The minimum atomic E-state index is -4.59.